The molecule has 1 aliphatic rings. The number of anilines is 1. The second-order valence-electron chi connectivity index (χ2n) is 5.68. The van der Waals surface area contributed by atoms with E-state index >= 15 is 0 Å². The van der Waals surface area contributed by atoms with Crippen molar-refractivity contribution in [2.24, 2.45) is 5.92 Å². The number of nitro groups is 1. The number of aliphatic carboxylic acids is 1. The summed E-state index contributed by atoms with van der Waals surface area (Å²) in [5.41, 5.74) is 0.821. The number of carboxylic acid groups (broad SMARTS) is 1. The molecule has 1 aromatic rings. The lowest BCUT2D eigenvalue weighted by Gasteiger charge is -2.39. The van der Waals surface area contributed by atoms with Crippen LogP contribution in [0.4, 0.5) is 11.5 Å². The number of aromatic nitrogens is 1. The quantitative estimate of drug-likeness (QED) is 0.644. The topological polar surface area (TPSA) is 99.8 Å². The third-order valence-corrected chi connectivity index (χ3v) is 3.88. The minimum atomic E-state index is -0.791. The summed E-state index contributed by atoms with van der Waals surface area (Å²) in [5, 5.41) is 19.9. The monoisotopic (exact) mass is 308 g/mol. The molecule has 0 aromatic carbocycles. The van der Waals surface area contributed by atoms with Crippen LogP contribution in [0.2, 0.25) is 0 Å². The number of nitrogens with zero attached hydrogens (tertiary/aromatic N) is 4. The Morgan fingerprint density at radius 3 is 2.36 bits per heavy atom. The van der Waals surface area contributed by atoms with Crippen molar-refractivity contribution in [1.29, 1.82) is 0 Å². The molecule has 1 aromatic heterocycles. The lowest BCUT2D eigenvalue weighted by atomic mass is 10.0. The van der Waals surface area contributed by atoms with E-state index in [0.717, 1.165) is 5.69 Å². The minimum absolute atomic E-state index is 0.0464. The Labute approximate surface area is 128 Å². The first-order valence-corrected chi connectivity index (χ1v) is 7.22. The lowest BCUT2D eigenvalue weighted by molar-refractivity contribution is -0.389. The van der Waals surface area contributed by atoms with E-state index < -0.39 is 16.9 Å². The molecular formula is C14H20N4O4. The molecule has 2 rings (SSSR count). The van der Waals surface area contributed by atoms with Crippen LogP contribution in [0.5, 0.6) is 0 Å². The molecule has 8 nitrogen and oxygen atoms in total. The van der Waals surface area contributed by atoms with Gasteiger partial charge in [0.25, 0.3) is 0 Å². The Morgan fingerprint density at radius 1 is 1.32 bits per heavy atom. The standard InChI is InChI=1S/C14H20N4O4/c1-10(2)13(14(19)20)17-7-5-16(6-8-17)11-3-4-12(15-9-11)18(21)22/h3-4,9-10,13H,5-8H2,1-2H3,(H,19,20). The van der Waals surface area contributed by atoms with Gasteiger partial charge in [0.1, 0.15) is 6.04 Å². The van der Waals surface area contributed by atoms with Crippen LogP contribution in [-0.4, -0.2) is 58.1 Å². The van der Waals surface area contributed by atoms with Crippen LogP contribution in [-0.2, 0) is 4.79 Å². The van der Waals surface area contributed by atoms with Crippen molar-refractivity contribution < 1.29 is 14.8 Å². The summed E-state index contributed by atoms with van der Waals surface area (Å²) in [6, 6.07) is 2.59. The zero-order valence-electron chi connectivity index (χ0n) is 12.7. The highest BCUT2D eigenvalue weighted by Crippen LogP contribution is 2.20. The van der Waals surface area contributed by atoms with E-state index in [9.17, 15) is 20.0 Å². The van der Waals surface area contributed by atoms with Crippen LogP contribution >= 0.6 is 0 Å². The van der Waals surface area contributed by atoms with Gasteiger partial charge in [-0.25, -0.2) is 0 Å². The molecule has 2 heterocycles. The summed E-state index contributed by atoms with van der Waals surface area (Å²) >= 11 is 0. The summed E-state index contributed by atoms with van der Waals surface area (Å²) in [5.74, 6) is -0.918. The molecular weight excluding hydrogens is 288 g/mol. The number of hydrogen-bond acceptors (Lipinski definition) is 6. The molecule has 8 heteroatoms. The Bertz CT molecular complexity index is 538. The summed E-state index contributed by atoms with van der Waals surface area (Å²) in [6.45, 7) is 6.46. The SMILES string of the molecule is CC(C)C(C(=O)O)N1CCN(c2ccc([N+](=O)[O-])nc2)CC1. The van der Waals surface area contributed by atoms with Crippen LogP contribution in [0.1, 0.15) is 13.8 Å². The first kappa shape index (κ1) is 16.2. The maximum absolute atomic E-state index is 11.4. The number of piperazine rings is 1. The minimum Gasteiger partial charge on any atom is -0.480 e. The van der Waals surface area contributed by atoms with E-state index in [1.165, 1.54) is 12.3 Å². The highest BCUT2D eigenvalue weighted by molar-refractivity contribution is 5.73. The molecule has 0 bridgehead atoms. The average molecular weight is 308 g/mol. The third-order valence-electron chi connectivity index (χ3n) is 3.88. The van der Waals surface area contributed by atoms with E-state index in [1.807, 2.05) is 18.7 Å². The van der Waals surface area contributed by atoms with E-state index in [4.69, 9.17) is 0 Å². The van der Waals surface area contributed by atoms with Gasteiger partial charge in [0.2, 0.25) is 0 Å². The zero-order valence-corrected chi connectivity index (χ0v) is 12.7. The van der Waals surface area contributed by atoms with Gasteiger partial charge in [-0.1, -0.05) is 13.8 Å². The lowest BCUT2D eigenvalue weighted by Crippen LogP contribution is -2.54. The van der Waals surface area contributed by atoms with Crippen molar-refractivity contribution in [2.75, 3.05) is 31.1 Å². The highest BCUT2D eigenvalue weighted by Gasteiger charge is 2.31. The van der Waals surface area contributed by atoms with Crippen molar-refractivity contribution in [3.8, 4) is 0 Å². The zero-order chi connectivity index (χ0) is 16.3. The number of hydrogen-bond donors (Lipinski definition) is 1. The van der Waals surface area contributed by atoms with Gasteiger partial charge in [-0.05, 0) is 21.9 Å². The van der Waals surface area contributed by atoms with Gasteiger partial charge in [-0.15, -0.1) is 0 Å². The van der Waals surface area contributed by atoms with Crippen LogP contribution in [0.15, 0.2) is 18.3 Å². The predicted molar refractivity (Wildman–Crippen MR) is 80.9 cm³/mol. The number of carbonyl (C=O) groups is 1. The molecule has 120 valence electrons. The first-order chi connectivity index (χ1) is 10.4. The molecule has 0 amide bonds. The fourth-order valence-electron chi connectivity index (χ4n) is 2.79. The van der Waals surface area contributed by atoms with Gasteiger partial charge in [0, 0.05) is 32.2 Å². The summed E-state index contributed by atoms with van der Waals surface area (Å²) < 4.78 is 0. The van der Waals surface area contributed by atoms with E-state index in [1.54, 1.807) is 6.07 Å². The van der Waals surface area contributed by atoms with E-state index in [0.29, 0.717) is 26.2 Å². The molecule has 0 aliphatic carbocycles. The second-order valence-corrected chi connectivity index (χ2v) is 5.68. The fourth-order valence-corrected chi connectivity index (χ4v) is 2.79. The molecule has 1 saturated heterocycles. The Hall–Kier alpha value is -2.22. The van der Waals surface area contributed by atoms with Gasteiger partial charge in [-0.3, -0.25) is 9.69 Å². The Morgan fingerprint density at radius 2 is 1.95 bits per heavy atom. The van der Waals surface area contributed by atoms with E-state index in [-0.39, 0.29) is 11.7 Å². The predicted octanol–water partition coefficient (Wildman–Crippen LogP) is 1.22. The van der Waals surface area contributed by atoms with Gasteiger partial charge in [0.15, 0.2) is 6.20 Å². The smallest absolute Gasteiger partial charge is 0.363 e. The van der Waals surface area contributed by atoms with Crippen LogP contribution in [0, 0.1) is 16.0 Å². The maximum atomic E-state index is 11.4. The normalized spacial score (nSPS) is 17.5. The van der Waals surface area contributed by atoms with Crippen LogP contribution in [0.3, 0.4) is 0 Å². The number of carboxylic acids is 1. The first-order valence-electron chi connectivity index (χ1n) is 7.22. The van der Waals surface area contributed by atoms with Crippen molar-refractivity contribution in [3.05, 3.63) is 28.4 Å². The van der Waals surface area contributed by atoms with Gasteiger partial charge in [-0.2, -0.15) is 0 Å². The third kappa shape index (κ3) is 3.51. The molecule has 22 heavy (non-hydrogen) atoms. The van der Waals surface area contributed by atoms with E-state index in [2.05, 4.69) is 9.88 Å². The number of pyridine rings is 1. The summed E-state index contributed by atoms with van der Waals surface area (Å²) in [7, 11) is 0. The molecule has 1 aliphatic heterocycles. The molecule has 1 fully saturated rings. The second kappa shape index (κ2) is 6.69. The fraction of sp³-hybridized carbons (Fsp3) is 0.571. The molecule has 1 N–H and O–H groups in total. The van der Waals surface area contributed by atoms with Crippen LogP contribution in [0.25, 0.3) is 0 Å². The van der Waals surface area contributed by atoms with Crippen molar-refractivity contribution in [3.63, 3.8) is 0 Å². The molecule has 1 atom stereocenters. The molecule has 0 spiro atoms. The Balaban J connectivity index is 1.99. The summed E-state index contributed by atoms with van der Waals surface area (Å²) in [4.78, 5) is 29.3. The Kier molecular flexibility index (Phi) is 4.92. The van der Waals surface area contributed by atoms with Crippen LogP contribution < -0.4 is 4.90 Å². The molecule has 1 unspecified atom stereocenters. The van der Waals surface area contributed by atoms with Gasteiger partial charge in [0.05, 0.1) is 5.69 Å². The highest BCUT2D eigenvalue weighted by atomic mass is 16.6. The van der Waals surface area contributed by atoms with Gasteiger partial charge < -0.3 is 20.1 Å². The molecule has 0 radical (unpaired) electrons. The van der Waals surface area contributed by atoms with Crippen molar-refractivity contribution >= 4 is 17.5 Å². The molecule has 0 saturated carbocycles. The van der Waals surface area contributed by atoms with Gasteiger partial charge >= 0.3 is 11.8 Å². The number of rotatable bonds is 5. The van der Waals surface area contributed by atoms with Crippen molar-refractivity contribution in [1.82, 2.24) is 9.88 Å². The largest absolute Gasteiger partial charge is 0.480 e. The average Bonchev–Trinajstić information content (AvgIpc) is 2.47. The van der Waals surface area contributed by atoms with Crippen molar-refractivity contribution in [2.45, 2.75) is 19.9 Å². The maximum Gasteiger partial charge on any atom is 0.363 e. The summed E-state index contributed by atoms with van der Waals surface area (Å²) in [6.07, 6.45) is 1.49.